The van der Waals surface area contributed by atoms with Gasteiger partial charge in [0.25, 0.3) is 5.56 Å². The van der Waals surface area contributed by atoms with Crippen LogP contribution in [-0.4, -0.2) is 8.97 Å². The molecule has 3 nitrogen and oxygen atoms in total. The smallest absolute Gasteiger partial charge is 0.263 e. The molecule has 56 heavy (non-hydrogen) atoms. The van der Waals surface area contributed by atoms with Gasteiger partial charge in [-0.2, -0.15) is 0 Å². The fraction of sp³-hybridized carbons (Fsp3) is 0. The Morgan fingerprint density at radius 1 is 0.571 bits per heavy atom. The first kappa shape index (κ1) is 34.3. The maximum absolute atomic E-state index is 14.5. The molecular weight excluding hydrogens is 681 g/mol. The van der Waals surface area contributed by atoms with Crippen molar-refractivity contribution >= 4 is 77.5 Å². The standard InChI is InChI=1S/C53H38N2O/c1-7-11-18-33(5)34(6)42(17-8-2)47-31-38(32-48-46-22-16-21-45-40(9-3)41(10-4)53(56)55(51(45)46)52(47)48)36-25-26-37-30-39(28-27-35(37)29-36)54-49-23-14-12-19-43(49)44-20-13-15-24-50(44)54/h7-32H,1-6H2/b18-11-,42-17+. The first-order valence-corrected chi connectivity index (χ1v) is 18.6. The number of pyridine rings is 1. The molecule has 0 N–H and O–H groups in total. The number of fused-ring (bicyclic) bond motifs is 7. The summed E-state index contributed by atoms with van der Waals surface area (Å²) in [5.41, 5.74) is 11.4. The summed E-state index contributed by atoms with van der Waals surface area (Å²) in [7, 11) is 0. The fourth-order valence-corrected chi connectivity index (χ4v) is 8.47. The minimum Gasteiger partial charge on any atom is -0.309 e. The molecule has 9 rings (SSSR count). The second kappa shape index (κ2) is 13.4. The summed E-state index contributed by atoms with van der Waals surface area (Å²) in [6, 6.07) is 41.0. The van der Waals surface area contributed by atoms with Gasteiger partial charge in [0, 0.05) is 43.7 Å². The van der Waals surface area contributed by atoms with E-state index in [1.54, 1.807) is 24.3 Å². The Hall–Kier alpha value is -7.49. The van der Waals surface area contributed by atoms with Crippen LogP contribution in [0.1, 0.15) is 16.7 Å². The van der Waals surface area contributed by atoms with Gasteiger partial charge in [-0.15, -0.1) is 0 Å². The molecule has 0 bridgehead atoms. The van der Waals surface area contributed by atoms with E-state index in [1.807, 2.05) is 34.8 Å². The number of benzene rings is 6. The third kappa shape index (κ3) is 5.09. The van der Waals surface area contributed by atoms with Gasteiger partial charge >= 0.3 is 0 Å². The van der Waals surface area contributed by atoms with E-state index in [0.717, 1.165) is 77.1 Å². The van der Waals surface area contributed by atoms with Crippen LogP contribution in [0.25, 0.3) is 94.3 Å². The van der Waals surface area contributed by atoms with Crippen LogP contribution < -0.4 is 5.56 Å². The zero-order chi connectivity index (χ0) is 38.7. The molecule has 3 aromatic heterocycles. The minimum absolute atomic E-state index is 0.152. The summed E-state index contributed by atoms with van der Waals surface area (Å²) in [5.74, 6) is 0. The highest BCUT2D eigenvalue weighted by molar-refractivity contribution is 6.19. The molecule has 0 saturated carbocycles. The van der Waals surface area contributed by atoms with Crippen molar-refractivity contribution in [3.8, 4) is 16.8 Å². The lowest BCUT2D eigenvalue weighted by Gasteiger charge is -2.16. The highest BCUT2D eigenvalue weighted by Crippen LogP contribution is 2.42. The molecule has 0 amide bonds. The van der Waals surface area contributed by atoms with Crippen molar-refractivity contribution in [2.75, 3.05) is 0 Å². The second-order valence-electron chi connectivity index (χ2n) is 14.0. The van der Waals surface area contributed by atoms with Crippen LogP contribution in [0.4, 0.5) is 0 Å². The number of aromatic nitrogens is 2. The molecule has 0 aliphatic carbocycles. The van der Waals surface area contributed by atoms with Gasteiger partial charge in [-0.3, -0.25) is 9.20 Å². The Balaban J connectivity index is 1.30. The predicted octanol–water partition coefficient (Wildman–Crippen LogP) is 13.7. The van der Waals surface area contributed by atoms with E-state index in [4.69, 9.17) is 0 Å². The predicted molar refractivity (Wildman–Crippen MR) is 243 cm³/mol. The van der Waals surface area contributed by atoms with Gasteiger partial charge in [0.2, 0.25) is 0 Å². The van der Waals surface area contributed by atoms with Crippen molar-refractivity contribution < 1.29 is 0 Å². The summed E-state index contributed by atoms with van der Waals surface area (Å²) >= 11 is 0. The van der Waals surface area contributed by atoms with Crippen LogP contribution in [-0.2, 0) is 0 Å². The molecule has 3 heteroatoms. The molecule has 0 aliphatic rings. The lowest BCUT2D eigenvalue weighted by molar-refractivity contribution is 1.16. The molecule has 0 saturated heterocycles. The second-order valence-corrected chi connectivity index (χ2v) is 14.0. The Kier molecular flexibility index (Phi) is 8.22. The van der Waals surface area contributed by atoms with Crippen LogP contribution in [0, 0.1) is 0 Å². The van der Waals surface area contributed by atoms with Crippen molar-refractivity contribution in [1.29, 1.82) is 0 Å². The Morgan fingerprint density at radius 2 is 1.23 bits per heavy atom. The van der Waals surface area contributed by atoms with Gasteiger partial charge in [0.1, 0.15) is 0 Å². The molecular formula is C53H38N2O. The maximum Gasteiger partial charge on any atom is 0.263 e. The van der Waals surface area contributed by atoms with Gasteiger partial charge in [0.15, 0.2) is 0 Å². The number of rotatable bonds is 10. The van der Waals surface area contributed by atoms with E-state index in [-0.39, 0.29) is 5.56 Å². The summed E-state index contributed by atoms with van der Waals surface area (Å²) in [4.78, 5) is 14.5. The Morgan fingerprint density at radius 3 is 1.93 bits per heavy atom. The molecule has 0 aliphatic heterocycles. The highest BCUT2D eigenvalue weighted by atomic mass is 16.1. The zero-order valence-corrected chi connectivity index (χ0v) is 31.1. The van der Waals surface area contributed by atoms with Gasteiger partial charge in [-0.1, -0.05) is 155 Å². The van der Waals surface area contributed by atoms with Crippen LogP contribution in [0.2, 0.25) is 0 Å². The third-order valence-electron chi connectivity index (χ3n) is 11.0. The molecule has 0 fully saturated rings. The highest BCUT2D eigenvalue weighted by Gasteiger charge is 2.24. The first-order valence-electron chi connectivity index (χ1n) is 18.6. The quantitative estimate of drug-likeness (QED) is 0.129. The molecule has 0 atom stereocenters. The van der Waals surface area contributed by atoms with Crippen molar-refractivity contribution in [3.63, 3.8) is 0 Å². The lowest BCUT2D eigenvalue weighted by Crippen LogP contribution is -2.17. The normalized spacial score (nSPS) is 12.1. The molecule has 3 heterocycles. The number of hydrogen-bond donors (Lipinski definition) is 0. The van der Waals surface area contributed by atoms with E-state index in [0.29, 0.717) is 11.1 Å². The summed E-state index contributed by atoms with van der Waals surface area (Å²) in [5, 5.41) is 7.59. The third-order valence-corrected chi connectivity index (χ3v) is 11.0. The minimum atomic E-state index is -0.152. The molecule has 266 valence electrons. The first-order chi connectivity index (χ1) is 27.4. The van der Waals surface area contributed by atoms with Gasteiger partial charge in [0.05, 0.1) is 22.1 Å². The topological polar surface area (TPSA) is 26.4 Å². The molecule has 6 aromatic carbocycles. The van der Waals surface area contributed by atoms with Gasteiger partial charge in [-0.05, 0) is 86.6 Å². The summed E-state index contributed by atoms with van der Waals surface area (Å²) in [6.45, 7) is 24.8. The average molecular weight is 719 g/mol. The molecule has 0 radical (unpaired) electrons. The van der Waals surface area contributed by atoms with Gasteiger partial charge in [-0.25, -0.2) is 0 Å². The van der Waals surface area contributed by atoms with E-state index in [1.165, 1.54) is 21.8 Å². The number of para-hydroxylation sites is 3. The number of allylic oxidation sites excluding steroid dienone is 8. The molecule has 0 spiro atoms. The Labute approximate surface area is 325 Å². The van der Waals surface area contributed by atoms with E-state index >= 15 is 0 Å². The maximum atomic E-state index is 14.5. The number of hydrogen-bond acceptors (Lipinski definition) is 1. The van der Waals surface area contributed by atoms with Crippen LogP contribution in [0.5, 0.6) is 0 Å². The van der Waals surface area contributed by atoms with Crippen molar-refractivity contribution in [3.05, 3.63) is 223 Å². The Bertz CT molecular complexity index is 3270. The summed E-state index contributed by atoms with van der Waals surface area (Å²) in [6.07, 6.45) is 12.5. The van der Waals surface area contributed by atoms with Crippen LogP contribution >= 0.6 is 0 Å². The van der Waals surface area contributed by atoms with Crippen molar-refractivity contribution in [1.82, 2.24) is 8.97 Å². The average Bonchev–Trinajstić information content (AvgIpc) is 3.76. The van der Waals surface area contributed by atoms with E-state index in [2.05, 4.69) is 147 Å². The monoisotopic (exact) mass is 718 g/mol. The van der Waals surface area contributed by atoms with Crippen molar-refractivity contribution in [2.24, 2.45) is 0 Å². The van der Waals surface area contributed by atoms with Crippen LogP contribution in [0.15, 0.2) is 201 Å². The SMILES string of the molecule is C=C/C=C\C(=C)C(=C)/C(=C\C=C)c1cc(-c2ccc3cc(-n4c5ccccc5c5ccccc54)ccc3c2)cc2c3cccc4c(C=C)c(C=C)c(=O)n(c12)c43. The largest absolute Gasteiger partial charge is 0.309 e. The number of nitrogens with zero attached hydrogens (tertiary/aromatic N) is 2. The van der Waals surface area contributed by atoms with E-state index in [9.17, 15) is 4.79 Å². The van der Waals surface area contributed by atoms with Crippen LogP contribution in [0.3, 0.4) is 0 Å². The van der Waals surface area contributed by atoms with Gasteiger partial charge < -0.3 is 4.57 Å². The van der Waals surface area contributed by atoms with E-state index < -0.39 is 0 Å². The lowest BCUT2D eigenvalue weighted by atomic mass is 9.89. The fourth-order valence-electron chi connectivity index (χ4n) is 8.47. The molecule has 0 unspecified atom stereocenters. The summed E-state index contributed by atoms with van der Waals surface area (Å²) < 4.78 is 4.19. The zero-order valence-electron chi connectivity index (χ0n) is 31.1. The molecule has 9 aromatic rings. The van der Waals surface area contributed by atoms with Crippen molar-refractivity contribution in [2.45, 2.75) is 0 Å².